The molecule has 2 N–H and O–H groups in total. The molecule has 6 nitrogen and oxygen atoms in total. The summed E-state index contributed by atoms with van der Waals surface area (Å²) in [5, 5.41) is 5.74. The number of nitrogens with one attached hydrogen (secondary N) is 2. The minimum Gasteiger partial charge on any atom is -0.452 e. The Morgan fingerprint density at radius 1 is 1.10 bits per heavy atom. The Balaban J connectivity index is 1.30. The van der Waals surface area contributed by atoms with Gasteiger partial charge in [-0.2, -0.15) is 0 Å². The third kappa shape index (κ3) is 4.31. The van der Waals surface area contributed by atoms with Gasteiger partial charge in [-0.25, -0.2) is 4.79 Å². The highest BCUT2D eigenvalue weighted by Gasteiger charge is 2.53. The Labute approximate surface area is 171 Å². The largest absolute Gasteiger partial charge is 0.452 e. The van der Waals surface area contributed by atoms with Gasteiger partial charge in [-0.1, -0.05) is 6.07 Å². The molecule has 0 aromatic heterocycles. The molecule has 1 aromatic carbocycles. The summed E-state index contributed by atoms with van der Waals surface area (Å²) in [4.78, 5) is 35.9. The highest BCUT2D eigenvalue weighted by atomic mass is 16.5. The molecule has 4 aliphatic rings. The fraction of sp³-hybridized carbons (Fsp3) is 0.609. The van der Waals surface area contributed by atoms with E-state index in [2.05, 4.69) is 17.6 Å². The topological polar surface area (TPSA) is 84.5 Å². The maximum Gasteiger partial charge on any atom is 0.338 e. The standard InChI is InChI=1S/C23H30N2O4/c1-14(23-10-16-6-17(11-23)8-18(7-16)12-23)24-21(27)13-29-22(28)19-4-3-5-20(9-19)25-15(2)26/h3-5,9,14,16-18H,6-8,10-13H2,1-2H3,(H,24,27)(H,25,26)/t14-,16?,17?,18?,23?/m1/s1. The maximum atomic E-state index is 12.4. The molecule has 0 aliphatic heterocycles. The van der Waals surface area contributed by atoms with E-state index in [4.69, 9.17) is 4.74 Å². The van der Waals surface area contributed by atoms with Crippen LogP contribution in [0.5, 0.6) is 0 Å². The molecule has 5 rings (SSSR count). The predicted molar refractivity (Wildman–Crippen MR) is 109 cm³/mol. The Kier molecular flexibility index (Phi) is 5.36. The van der Waals surface area contributed by atoms with Gasteiger partial charge < -0.3 is 15.4 Å². The number of hydrogen-bond donors (Lipinski definition) is 2. The Morgan fingerprint density at radius 2 is 1.72 bits per heavy atom. The van der Waals surface area contributed by atoms with E-state index < -0.39 is 5.97 Å². The Bertz CT molecular complexity index is 784. The van der Waals surface area contributed by atoms with Crippen molar-refractivity contribution >= 4 is 23.5 Å². The zero-order chi connectivity index (χ0) is 20.6. The lowest BCUT2D eigenvalue weighted by Gasteiger charge is -2.59. The second-order valence-corrected chi connectivity index (χ2v) is 9.41. The van der Waals surface area contributed by atoms with Gasteiger partial charge in [-0.3, -0.25) is 9.59 Å². The summed E-state index contributed by atoms with van der Waals surface area (Å²) < 4.78 is 5.21. The molecule has 0 spiro atoms. The van der Waals surface area contributed by atoms with Gasteiger partial charge >= 0.3 is 5.97 Å². The normalized spacial score (nSPS) is 30.5. The van der Waals surface area contributed by atoms with E-state index in [0.717, 1.165) is 17.8 Å². The lowest BCUT2D eigenvalue weighted by molar-refractivity contribution is -0.128. The van der Waals surface area contributed by atoms with Crippen molar-refractivity contribution in [2.75, 3.05) is 11.9 Å². The van der Waals surface area contributed by atoms with Gasteiger partial charge in [-0.05, 0) is 86.8 Å². The van der Waals surface area contributed by atoms with Crippen LogP contribution in [0.15, 0.2) is 24.3 Å². The van der Waals surface area contributed by atoms with Gasteiger partial charge in [0.05, 0.1) is 5.56 Å². The summed E-state index contributed by atoms with van der Waals surface area (Å²) in [6, 6.07) is 6.60. The van der Waals surface area contributed by atoms with E-state index in [9.17, 15) is 14.4 Å². The van der Waals surface area contributed by atoms with Crippen LogP contribution in [0, 0.1) is 23.2 Å². The molecule has 0 radical (unpaired) electrons. The fourth-order valence-electron chi connectivity index (χ4n) is 6.29. The molecule has 6 heteroatoms. The molecule has 0 unspecified atom stereocenters. The van der Waals surface area contributed by atoms with Crippen LogP contribution in [-0.2, 0) is 14.3 Å². The highest BCUT2D eigenvalue weighted by molar-refractivity contribution is 5.94. The number of anilines is 1. The van der Waals surface area contributed by atoms with Crippen molar-refractivity contribution in [1.29, 1.82) is 0 Å². The molecular formula is C23H30N2O4. The highest BCUT2D eigenvalue weighted by Crippen LogP contribution is 2.61. The van der Waals surface area contributed by atoms with Crippen LogP contribution in [0.4, 0.5) is 5.69 Å². The summed E-state index contributed by atoms with van der Waals surface area (Å²) in [5.74, 6) is 1.45. The molecule has 4 saturated carbocycles. The van der Waals surface area contributed by atoms with Crippen LogP contribution in [0.2, 0.25) is 0 Å². The number of ether oxygens (including phenoxy) is 1. The first kappa shape index (κ1) is 19.9. The van der Waals surface area contributed by atoms with E-state index in [1.54, 1.807) is 24.3 Å². The molecule has 0 heterocycles. The van der Waals surface area contributed by atoms with Crippen molar-refractivity contribution in [2.45, 2.75) is 58.4 Å². The Morgan fingerprint density at radius 3 is 2.31 bits per heavy atom. The first-order chi connectivity index (χ1) is 13.8. The molecule has 0 saturated heterocycles. The molecule has 4 bridgehead atoms. The Hall–Kier alpha value is -2.37. The van der Waals surface area contributed by atoms with Crippen molar-refractivity contribution in [3.63, 3.8) is 0 Å². The molecule has 156 valence electrons. The summed E-state index contributed by atoms with van der Waals surface area (Å²) in [6.07, 6.45) is 7.77. The lowest BCUT2D eigenvalue weighted by Crippen LogP contribution is -2.56. The quantitative estimate of drug-likeness (QED) is 0.718. The summed E-state index contributed by atoms with van der Waals surface area (Å²) in [5.41, 5.74) is 1.05. The van der Waals surface area contributed by atoms with Gasteiger partial charge in [0.2, 0.25) is 5.91 Å². The molecule has 2 amide bonds. The predicted octanol–water partition coefficient (Wildman–Crippen LogP) is 3.52. The smallest absolute Gasteiger partial charge is 0.338 e. The first-order valence-corrected chi connectivity index (χ1v) is 10.7. The second-order valence-electron chi connectivity index (χ2n) is 9.41. The number of rotatable bonds is 6. The lowest BCUT2D eigenvalue weighted by atomic mass is 9.48. The molecule has 1 aromatic rings. The van der Waals surface area contributed by atoms with Crippen LogP contribution < -0.4 is 10.6 Å². The van der Waals surface area contributed by atoms with Crippen LogP contribution in [0.3, 0.4) is 0 Å². The minimum atomic E-state index is -0.574. The summed E-state index contributed by atoms with van der Waals surface area (Å²) in [7, 11) is 0. The van der Waals surface area contributed by atoms with Crippen LogP contribution >= 0.6 is 0 Å². The third-order valence-electron chi connectivity index (χ3n) is 7.13. The van der Waals surface area contributed by atoms with E-state index in [-0.39, 0.29) is 29.9 Å². The molecular weight excluding hydrogens is 368 g/mol. The van der Waals surface area contributed by atoms with Crippen LogP contribution in [0.25, 0.3) is 0 Å². The SMILES string of the molecule is CC(=O)Nc1cccc(C(=O)OCC(=O)N[C@H](C)C23CC4CC(CC(C4)C2)C3)c1. The second kappa shape index (κ2) is 7.81. The van der Waals surface area contributed by atoms with Gasteiger partial charge in [-0.15, -0.1) is 0 Å². The number of carbonyl (C=O) groups excluding carboxylic acids is 3. The monoisotopic (exact) mass is 398 g/mol. The van der Waals surface area contributed by atoms with E-state index in [1.165, 1.54) is 45.4 Å². The van der Waals surface area contributed by atoms with E-state index in [0.29, 0.717) is 11.3 Å². The molecule has 4 aliphatic carbocycles. The first-order valence-electron chi connectivity index (χ1n) is 10.7. The van der Waals surface area contributed by atoms with Crippen molar-refractivity contribution in [3.8, 4) is 0 Å². The van der Waals surface area contributed by atoms with Crippen LogP contribution in [-0.4, -0.2) is 30.4 Å². The van der Waals surface area contributed by atoms with Crippen molar-refractivity contribution in [1.82, 2.24) is 5.32 Å². The van der Waals surface area contributed by atoms with E-state index in [1.807, 2.05) is 0 Å². The van der Waals surface area contributed by atoms with Gasteiger partial charge in [0, 0.05) is 18.7 Å². The molecule has 1 atom stereocenters. The zero-order valence-corrected chi connectivity index (χ0v) is 17.2. The average molecular weight is 399 g/mol. The fourth-order valence-corrected chi connectivity index (χ4v) is 6.29. The summed E-state index contributed by atoms with van der Waals surface area (Å²) in [6.45, 7) is 3.23. The van der Waals surface area contributed by atoms with Crippen molar-refractivity contribution in [3.05, 3.63) is 29.8 Å². The minimum absolute atomic E-state index is 0.102. The van der Waals surface area contributed by atoms with Crippen molar-refractivity contribution in [2.24, 2.45) is 23.2 Å². The van der Waals surface area contributed by atoms with Gasteiger partial charge in [0.15, 0.2) is 6.61 Å². The van der Waals surface area contributed by atoms with Gasteiger partial charge in [0.1, 0.15) is 0 Å². The molecule has 4 fully saturated rings. The average Bonchev–Trinajstić information content (AvgIpc) is 2.64. The number of esters is 1. The van der Waals surface area contributed by atoms with Crippen molar-refractivity contribution < 1.29 is 19.1 Å². The number of amides is 2. The summed E-state index contributed by atoms with van der Waals surface area (Å²) >= 11 is 0. The number of carbonyl (C=O) groups is 3. The maximum absolute atomic E-state index is 12.4. The zero-order valence-electron chi connectivity index (χ0n) is 17.2. The third-order valence-corrected chi connectivity index (χ3v) is 7.13. The van der Waals surface area contributed by atoms with E-state index >= 15 is 0 Å². The number of hydrogen-bond acceptors (Lipinski definition) is 4. The molecule has 29 heavy (non-hydrogen) atoms. The van der Waals surface area contributed by atoms with Crippen LogP contribution in [0.1, 0.15) is 62.7 Å². The van der Waals surface area contributed by atoms with Gasteiger partial charge in [0.25, 0.3) is 5.91 Å². The number of benzene rings is 1.